The van der Waals surface area contributed by atoms with Crippen LogP contribution in [-0.2, 0) is 19.6 Å². The molecule has 0 saturated carbocycles. The van der Waals surface area contributed by atoms with Gasteiger partial charge >= 0.3 is 0 Å². The summed E-state index contributed by atoms with van der Waals surface area (Å²) >= 11 is 2.28. The van der Waals surface area contributed by atoms with Gasteiger partial charge in [-0.2, -0.15) is 0 Å². The van der Waals surface area contributed by atoms with Crippen LogP contribution in [0.5, 0.6) is 5.75 Å². The summed E-state index contributed by atoms with van der Waals surface area (Å²) in [6, 6.07) is 8.04. The first-order valence-electron chi connectivity index (χ1n) is 6.12. The maximum atomic E-state index is 5.74. The maximum Gasteiger partial charge on any atom is 0.171 e. The minimum absolute atomic E-state index is 0.494. The Hall–Kier alpha value is -1.11. The van der Waals surface area contributed by atoms with Crippen LogP contribution in [0.1, 0.15) is 24.5 Å². The van der Waals surface area contributed by atoms with Crippen molar-refractivity contribution < 1.29 is 4.74 Å². The van der Waals surface area contributed by atoms with Crippen molar-refractivity contribution in [1.29, 1.82) is 0 Å². The molecule has 2 aromatic rings. The van der Waals surface area contributed by atoms with Crippen LogP contribution in [0.4, 0.5) is 0 Å². The molecule has 1 aliphatic heterocycles. The molecule has 0 saturated heterocycles. The normalized spacial score (nSPS) is 14.3. The molecule has 94 valence electrons. The van der Waals surface area contributed by atoms with E-state index in [1.165, 1.54) is 16.4 Å². The van der Waals surface area contributed by atoms with Crippen LogP contribution in [0.25, 0.3) is 0 Å². The van der Waals surface area contributed by atoms with E-state index in [0.29, 0.717) is 6.61 Å². The summed E-state index contributed by atoms with van der Waals surface area (Å²) in [6.07, 6.45) is 3.47. The fraction of sp³-hybridized carbons (Fsp3) is 0.385. The second-order valence-electron chi connectivity index (χ2n) is 4.38. The van der Waals surface area contributed by atoms with Gasteiger partial charge in [0.15, 0.2) is 5.82 Å². The molecule has 0 amide bonds. The lowest BCUT2D eigenvalue weighted by atomic mass is 10.2. The molecule has 3 rings (SSSR count). The third kappa shape index (κ3) is 2.50. The SMILES string of the molecule is Ic1ccc(OCc2nnc3n2CCCC3)cc1. The third-order valence-corrected chi connectivity index (χ3v) is 3.84. The Labute approximate surface area is 120 Å². The number of hydrogen-bond acceptors (Lipinski definition) is 3. The molecule has 5 heteroatoms. The van der Waals surface area contributed by atoms with Crippen LogP contribution in [0.3, 0.4) is 0 Å². The maximum absolute atomic E-state index is 5.74. The molecule has 1 aliphatic rings. The van der Waals surface area contributed by atoms with Gasteiger partial charge in [-0.25, -0.2) is 0 Å². The first-order valence-corrected chi connectivity index (χ1v) is 7.20. The van der Waals surface area contributed by atoms with Gasteiger partial charge in [0.2, 0.25) is 0 Å². The molecule has 0 unspecified atom stereocenters. The lowest BCUT2D eigenvalue weighted by Crippen LogP contribution is -2.14. The lowest BCUT2D eigenvalue weighted by Gasteiger charge is -2.14. The van der Waals surface area contributed by atoms with Crippen LogP contribution in [0.15, 0.2) is 24.3 Å². The summed E-state index contributed by atoms with van der Waals surface area (Å²) < 4.78 is 9.14. The number of hydrogen-bond donors (Lipinski definition) is 0. The van der Waals surface area contributed by atoms with Crippen molar-refractivity contribution in [3.05, 3.63) is 39.5 Å². The van der Waals surface area contributed by atoms with E-state index in [-0.39, 0.29) is 0 Å². The van der Waals surface area contributed by atoms with E-state index >= 15 is 0 Å². The Morgan fingerprint density at radius 3 is 2.83 bits per heavy atom. The van der Waals surface area contributed by atoms with Gasteiger partial charge in [0.1, 0.15) is 18.2 Å². The van der Waals surface area contributed by atoms with Crippen LogP contribution >= 0.6 is 22.6 Å². The summed E-state index contributed by atoms with van der Waals surface area (Å²) in [6.45, 7) is 1.52. The monoisotopic (exact) mass is 355 g/mol. The second kappa shape index (κ2) is 5.26. The fourth-order valence-electron chi connectivity index (χ4n) is 2.15. The average molecular weight is 355 g/mol. The van der Waals surface area contributed by atoms with Crippen LogP contribution in [0, 0.1) is 3.57 Å². The van der Waals surface area contributed by atoms with E-state index in [1.807, 2.05) is 24.3 Å². The van der Waals surface area contributed by atoms with Crippen molar-refractivity contribution in [1.82, 2.24) is 14.8 Å². The molecule has 0 atom stereocenters. The highest BCUT2D eigenvalue weighted by Crippen LogP contribution is 2.17. The Balaban J connectivity index is 1.70. The zero-order chi connectivity index (χ0) is 12.4. The minimum Gasteiger partial charge on any atom is -0.486 e. The number of aryl methyl sites for hydroxylation is 1. The first-order chi connectivity index (χ1) is 8.83. The zero-order valence-electron chi connectivity index (χ0n) is 9.97. The number of aromatic nitrogens is 3. The molecular weight excluding hydrogens is 341 g/mol. The summed E-state index contributed by atoms with van der Waals surface area (Å²) in [7, 11) is 0. The molecule has 2 heterocycles. The lowest BCUT2D eigenvalue weighted by molar-refractivity contribution is 0.286. The molecule has 0 aliphatic carbocycles. The fourth-order valence-corrected chi connectivity index (χ4v) is 2.51. The molecule has 0 fully saturated rings. The Kier molecular flexibility index (Phi) is 3.49. The van der Waals surface area contributed by atoms with Crippen LogP contribution in [-0.4, -0.2) is 14.8 Å². The Morgan fingerprint density at radius 1 is 1.17 bits per heavy atom. The number of halogens is 1. The van der Waals surface area contributed by atoms with Crippen molar-refractivity contribution in [2.75, 3.05) is 0 Å². The van der Waals surface area contributed by atoms with Crippen molar-refractivity contribution in [2.45, 2.75) is 32.4 Å². The number of rotatable bonds is 3. The van der Waals surface area contributed by atoms with E-state index in [2.05, 4.69) is 37.4 Å². The van der Waals surface area contributed by atoms with Gasteiger partial charge < -0.3 is 9.30 Å². The van der Waals surface area contributed by atoms with E-state index in [9.17, 15) is 0 Å². The van der Waals surface area contributed by atoms with Gasteiger partial charge in [0, 0.05) is 16.5 Å². The van der Waals surface area contributed by atoms with Crippen molar-refractivity contribution >= 4 is 22.6 Å². The van der Waals surface area contributed by atoms with E-state index in [1.54, 1.807) is 0 Å². The molecule has 18 heavy (non-hydrogen) atoms. The summed E-state index contributed by atoms with van der Waals surface area (Å²) in [5, 5.41) is 8.43. The molecule has 1 aromatic heterocycles. The van der Waals surface area contributed by atoms with Gasteiger partial charge in [0.05, 0.1) is 0 Å². The second-order valence-corrected chi connectivity index (χ2v) is 5.63. The standard InChI is InChI=1S/C13H14IN3O/c14-10-4-6-11(7-5-10)18-9-13-16-15-12-3-1-2-8-17(12)13/h4-7H,1-3,8-9H2. The largest absolute Gasteiger partial charge is 0.486 e. The smallest absolute Gasteiger partial charge is 0.171 e. The Morgan fingerprint density at radius 2 is 2.00 bits per heavy atom. The van der Waals surface area contributed by atoms with E-state index in [4.69, 9.17) is 4.74 Å². The van der Waals surface area contributed by atoms with Gasteiger partial charge in [0.25, 0.3) is 0 Å². The van der Waals surface area contributed by atoms with Gasteiger partial charge in [-0.15, -0.1) is 10.2 Å². The molecule has 0 bridgehead atoms. The molecular formula is C13H14IN3O. The van der Waals surface area contributed by atoms with Crippen molar-refractivity contribution in [3.8, 4) is 5.75 Å². The van der Waals surface area contributed by atoms with Gasteiger partial charge in [-0.3, -0.25) is 0 Å². The molecule has 0 N–H and O–H groups in total. The van der Waals surface area contributed by atoms with Gasteiger partial charge in [-0.1, -0.05) is 0 Å². The number of fused-ring (bicyclic) bond motifs is 1. The van der Waals surface area contributed by atoms with E-state index in [0.717, 1.165) is 30.4 Å². The third-order valence-electron chi connectivity index (χ3n) is 3.12. The molecule has 0 spiro atoms. The summed E-state index contributed by atoms with van der Waals surface area (Å²) in [5.41, 5.74) is 0. The highest BCUT2D eigenvalue weighted by molar-refractivity contribution is 14.1. The molecule has 1 aromatic carbocycles. The molecule has 4 nitrogen and oxygen atoms in total. The zero-order valence-corrected chi connectivity index (χ0v) is 12.1. The number of benzene rings is 1. The van der Waals surface area contributed by atoms with Crippen LogP contribution < -0.4 is 4.74 Å². The van der Waals surface area contributed by atoms with Gasteiger partial charge in [-0.05, 0) is 59.7 Å². The quantitative estimate of drug-likeness (QED) is 0.795. The summed E-state index contributed by atoms with van der Waals surface area (Å²) in [5.74, 6) is 2.91. The predicted molar refractivity (Wildman–Crippen MR) is 76.5 cm³/mol. The minimum atomic E-state index is 0.494. The molecule has 0 radical (unpaired) electrons. The predicted octanol–water partition coefficient (Wildman–Crippen LogP) is 2.80. The number of nitrogens with zero attached hydrogens (tertiary/aromatic N) is 3. The van der Waals surface area contributed by atoms with Crippen molar-refractivity contribution in [3.63, 3.8) is 0 Å². The topological polar surface area (TPSA) is 39.9 Å². The van der Waals surface area contributed by atoms with Crippen LogP contribution in [0.2, 0.25) is 0 Å². The van der Waals surface area contributed by atoms with Crippen molar-refractivity contribution in [2.24, 2.45) is 0 Å². The number of ether oxygens (including phenoxy) is 1. The summed E-state index contributed by atoms with van der Waals surface area (Å²) in [4.78, 5) is 0. The Bertz CT molecular complexity index is 536. The van der Waals surface area contributed by atoms with E-state index < -0.39 is 0 Å². The first kappa shape index (κ1) is 12.0. The average Bonchev–Trinajstić information content (AvgIpc) is 2.82. The highest BCUT2D eigenvalue weighted by Gasteiger charge is 2.15. The highest BCUT2D eigenvalue weighted by atomic mass is 127.